The van der Waals surface area contributed by atoms with Crippen LogP contribution in [0.25, 0.3) is 0 Å². The molecule has 1 fully saturated rings. The van der Waals surface area contributed by atoms with Crippen molar-refractivity contribution in [2.75, 3.05) is 13.1 Å². The molecule has 0 aliphatic carbocycles. The van der Waals surface area contributed by atoms with Gasteiger partial charge in [-0.05, 0) is 31.7 Å². The summed E-state index contributed by atoms with van der Waals surface area (Å²) in [6, 6.07) is 0.0532. The van der Waals surface area contributed by atoms with E-state index in [0.717, 1.165) is 37.1 Å². The van der Waals surface area contributed by atoms with Crippen LogP contribution in [0.15, 0.2) is 6.20 Å². The van der Waals surface area contributed by atoms with Gasteiger partial charge in [0.05, 0.1) is 24.5 Å². The number of H-pyrrole nitrogens is 1. The highest BCUT2D eigenvalue weighted by Gasteiger charge is 2.29. The van der Waals surface area contributed by atoms with E-state index in [1.165, 1.54) is 6.92 Å². The average Bonchev–Trinajstić information content (AvgIpc) is 2.82. The first-order chi connectivity index (χ1) is 9.09. The van der Waals surface area contributed by atoms with Crippen molar-refractivity contribution in [2.45, 2.75) is 39.2 Å². The van der Waals surface area contributed by atoms with E-state index in [4.69, 9.17) is 0 Å². The zero-order valence-corrected chi connectivity index (χ0v) is 11.4. The van der Waals surface area contributed by atoms with Gasteiger partial charge in [-0.25, -0.2) is 0 Å². The maximum Gasteiger partial charge on any atom is 0.242 e. The standard InChI is InChI=1S/C13H20N4O2/c1-9-7-15-16-13(9)11-5-3-4-6-17(11)12(19)8-14-10(2)18/h7,11H,3-6,8H2,1-2H3,(H,14,18)(H,15,16). The summed E-state index contributed by atoms with van der Waals surface area (Å²) in [4.78, 5) is 24.9. The van der Waals surface area contributed by atoms with Crippen molar-refractivity contribution in [1.29, 1.82) is 0 Å². The lowest BCUT2D eigenvalue weighted by atomic mass is 9.97. The molecule has 1 unspecified atom stereocenters. The minimum Gasteiger partial charge on any atom is -0.347 e. The van der Waals surface area contributed by atoms with Gasteiger partial charge < -0.3 is 10.2 Å². The summed E-state index contributed by atoms with van der Waals surface area (Å²) in [6.07, 6.45) is 4.83. The fourth-order valence-corrected chi connectivity index (χ4v) is 2.53. The van der Waals surface area contributed by atoms with Crippen molar-refractivity contribution in [3.8, 4) is 0 Å². The summed E-state index contributed by atoms with van der Waals surface area (Å²) >= 11 is 0. The van der Waals surface area contributed by atoms with E-state index in [1.807, 2.05) is 11.8 Å². The number of nitrogens with one attached hydrogen (secondary N) is 2. The minimum atomic E-state index is -0.181. The molecule has 2 heterocycles. The Kier molecular flexibility index (Phi) is 4.19. The third-order valence-electron chi connectivity index (χ3n) is 3.51. The summed E-state index contributed by atoms with van der Waals surface area (Å²) in [5.41, 5.74) is 2.08. The fourth-order valence-electron chi connectivity index (χ4n) is 2.53. The first kappa shape index (κ1) is 13.6. The Bertz CT molecular complexity index is 469. The molecular weight excluding hydrogens is 244 g/mol. The zero-order chi connectivity index (χ0) is 13.8. The lowest BCUT2D eigenvalue weighted by Crippen LogP contribution is -2.44. The Morgan fingerprint density at radius 1 is 1.53 bits per heavy atom. The topological polar surface area (TPSA) is 78.1 Å². The number of hydrogen-bond donors (Lipinski definition) is 2. The maximum absolute atomic E-state index is 12.2. The van der Waals surface area contributed by atoms with Crippen LogP contribution in [0.1, 0.15) is 43.5 Å². The number of piperidine rings is 1. The van der Waals surface area contributed by atoms with Gasteiger partial charge in [0.25, 0.3) is 0 Å². The van der Waals surface area contributed by atoms with Gasteiger partial charge in [0.1, 0.15) is 0 Å². The molecule has 6 nitrogen and oxygen atoms in total. The fraction of sp³-hybridized carbons (Fsp3) is 0.615. The van der Waals surface area contributed by atoms with Gasteiger partial charge in [0.2, 0.25) is 11.8 Å². The highest BCUT2D eigenvalue weighted by Crippen LogP contribution is 2.31. The highest BCUT2D eigenvalue weighted by atomic mass is 16.2. The number of rotatable bonds is 3. The molecule has 2 rings (SSSR count). The van der Waals surface area contributed by atoms with Gasteiger partial charge in [-0.3, -0.25) is 14.7 Å². The van der Waals surface area contributed by atoms with Crippen LogP contribution in [0.3, 0.4) is 0 Å². The molecule has 0 bridgehead atoms. The molecule has 104 valence electrons. The molecule has 1 aliphatic heterocycles. The van der Waals surface area contributed by atoms with Crippen molar-refractivity contribution < 1.29 is 9.59 Å². The molecule has 2 N–H and O–H groups in total. The lowest BCUT2D eigenvalue weighted by molar-refractivity contribution is -0.136. The van der Waals surface area contributed by atoms with E-state index in [2.05, 4.69) is 15.5 Å². The van der Waals surface area contributed by atoms with E-state index in [1.54, 1.807) is 6.20 Å². The Labute approximate surface area is 112 Å². The Balaban J connectivity index is 2.10. The van der Waals surface area contributed by atoms with Gasteiger partial charge in [-0.1, -0.05) is 0 Å². The number of nitrogens with zero attached hydrogens (tertiary/aromatic N) is 2. The van der Waals surface area contributed by atoms with E-state index < -0.39 is 0 Å². The van der Waals surface area contributed by atoms with Crippen LogP contribution in [0.5, 0.6) is 0 Å². The van der Waals surface area contributed by atoms with E-state index in [0.29, 0.717) is 0 Å². The summed E-state index contributed by atoms with van der Waals surface area (Å²) in [6.45, 7) is 4.21. The summed E-state index contributed by atoms with van der Waals surface area (Å²) in [5, 5.41) is 9.59. The minimum absolute atomic E-state index is 0.0334. The number of hydrogen-bond acceptors (Lipinski definition) is 3. The van der Waals surface area contributed by atoms with Crippen LogP contribution < -0.4 is 5.32 Å². The molecule has 2 amide bonds. The molecule has 1 saturated heterocycles. The highest BCUT2D eigenvalue weighted by molar-refractivity contribution is 5.84. The van der Waals surface area contributed by atoms with Gasteiger partial charge in [-0.15, -0.1) is 0 Å². The van der Waals surface area contributed by atoms with Gasteiger partial charge in [-0.2, -0.15) is 5.10 Å². The second-order valence-corrected chi connectivity index (χ2v) is 4.98. The van der Waals surface area contributed by atoms with E-state index in [-0.39, 0.29) is 24.4 Å². The van der Waals surface area contributed by atoms with Crippen molar-refractivity contribution in [3.63, 3.8) is 0 Å². The second kappa shape index (κ2) is 5.86. The average molecular weight is 264 g/mol. The molecule has 19 heavy (non-hydrogen) atoms. The largest absolute Gasteiger partial charge is 0.347 e. The number of amides is 2. The van der Waals surface area contributed by atoms with Crippen molar-refractivity contribution in [1.82, 2.24) is 20.4 Å². The molecule has 0 saturated carbocycles. The lowest BCUT2D eigenvalue weighted by Gasteiger charge is -2.35. The van der Waals surface area contributed by atoms with E-state index >= 15 is 0 Å². The number of aromatic nitrogens is 2. The van der Waals surface area contributed by atoms with E-state index in [9.17, 15) is 9.59 Å². The molecule has 6 heteroatoms. The van der Waals surface area contributed by atoms with Crippen LogP contribution in [0.4, 0.5) is 0 Å². The molecule has 0 spiro atoms. The molecule has 0 aromatic carbocycles. The number of aryl methyl sites for hydroxylation is 1. The molecule has 1 atom stereocenters. The zero-order valence-electron chi connectivity index (χ0n) is 11.4. The molecule has 1 aliphatic rings. The van der Waals surface area contributed by atoms with Gasteiger partial charge in [0, 0.05) is 13.5 Å². The SMILES string of the molecule is CC(=O)NCC(=O)N1CCCCC1c1[nH]ncc1C. The maximum atomic E-state index is 12.2. The van der Waals surface area contributed by atoms with Crippen LogP contribution in [-0.4, -0.2) is 40.0 Å². The third kappa shape index (κ3) is 3.13. The third-order valence-corrected chi connectivity index (χ3v) is 3.51. The van der Waals surface area contributed by atoms with Crippen LogP contribution >= 0.6 is 0 Å². The van der Waals surface area contributed by atoms with Crippen molar-refractivity contribution >= 4 is 11.8 Å². The Morgan fingerprint density at radius 3 is 2.95 bits per heavy atom. The summed E-state index contributed by atoms with van der Waals surface area (Å²) < 4.78 is 0. The smallest absolute Gasteiger partial charge is 0.242 e. The number of carbonyl (C=O) groups excluding carboxylic acids is 2. The quantitative estimate of drug-likeness (QED) is 0.851. The van der Waals surface area contributed by atoms with Gasteiger partial charge >= 0.3 is 0 Å². The predicted molar refractivity (Wildman–Crippen MR) is 70.3 cm³/mol. The normalized spacial score (nSPS) is 19.3. The molecular formula is C13H20N4O2. The van der Waals surface area contributed by atoms with Crippen molar-refractivity contribution in [2.24, 2.45) is 0 Å². The Morgan fingerprint density at radius 2 is 2.32 bits per heavy atom. The van der Waals surface area contributed by atoms with Gasteiger partial charge in [0.15, 0.2) is 0 Å². The first-order valence-electron chi connectivity index (χ1n) is 6.63. The number of aromatic amines is 1. The summed E-state index contributed by atoms with van der Waals surface area (Å²) in [7, 11) is 0. The number of likely N-dealkylation sites (tertiary alicyclic amines) is 1. The Hall–Kier alpha value is -1.85. The monoisotopic (exact) mass is 264 g/mol. The molecule has 1 aromatic rings. The van der Waals surface area contributed by atoms with Crippen LogP contribution in [-0.2, 0) is 9.59 Å². The molecule has 1 aromatic heterocycles. The number of carbonyl (C=O) groups is 2. The summed E-state index contributed by atoms with van der Waals surface area (Å²) in [5.74, 6) is -0.214. The van der Waals surface area contributed by atoms with Crippen LogP contribution in [0.2, 0.25) is 0 Å². The molecule has 0 radical (unpaired) electrons. The van der Waals surface area contributed by atoms with Crippen LogP contribution in [0, 0.1) is 6.92 Å². The first-order valence-corrected chi connectivity index (χ1v) is 6.63. The second-order valence-electron chi connectivity index (χ2n) is 4.98. The predicted octanol–water partition coefficient (Wildman–Crippen LogP) is 0.908. The van der Waals surface area contributed by atoms with Crippen molar-refractivity contribution in [3.05, 3.63) is 17.5 Å².